The summed E-state index contributed by atoms with van der Waals surface area (Å²) in [5, 5.41) is 0. The number of carbonyl (C=O) groups excluding carboxylic acids is 1. The second-order valence-electron chi connectivity index (χ2n) is 4.76. The van der Waals surface area contributed by atoms with Crippen LogP contribution in [0.3, 0.4) is 0 Å². The summed E-state index contributed by atoms with van der Waals surface area (Å²) < 4.78 is 5.61. The van der Waals surface area contributed by atoms with Crippen molar-refractivity contribution in [3.05, 3.63) is 65.2 Å². The van der Waals surface area contributed by atoms with E-state index in [0.29, 0.717) is 24.6 Å². The largest absolute Gasteiger partial charge is 0.472 e. The van der Waals surface area contributed by atoms with Gasteiger partial charge in [0.15, 0.2) is 6.73 Å². The van der Waals surface area contributed by atoms with Gasteiger partial charge in [-0.25, -0.2) is 0 Å². The quantitative estimate of drug-likeness (QED) is 0.823. The Morgan fingerprint density at radius 3 is 2.84 bits per heavy atom. The summed E-state index contributed by atoms with van der Waals surface area (Å²) in [6.45, 7) is 2.94. The predicted molar refractivity (Wildman–Crippen MR) is 73.0 cm³/mol. The number of benzene rings is 2. The second kappa shape index (κ2) is 4.76. The van der Waals surface area contributed by atoms with E-state index >= 15 is 0 Å². The van der Waals surface area contributed by atoms with E-state index in [1.54, 1.807) is 11.0 Å². The summed E-state index contributed by atoms with van der Waals surface area (Å²) in [6.07, 6.45) is 0. The molecule has 0 atom stereocenters. The lowest BCUT2D eigenvalue weighted by molar-refractivity contribution is 0.0498. The predicted octanol–water partition coefficient (Wildman–Crippen LogP) is 2.99. The number of hydrogen-bond donors (Lipinski definition) is 0. The summed E-state index contributed by atoms with van der Waals surface area (Å²) in [7, 11) is 0. The van der Waals surface area contributed by atoms with Gasteiger partial charge in [-0.05, 0) is 24.6 Å². The molecule has 1 amide bonds. The Morgan fingerprint density at radius 1 is 1.16 bits per heavy atom. The fraction of sp³-hybridized carbons (Fsp3) is 0.188. The minimum absolute atomic E-state index is 0.0309. The molecule has 0 saturated carbocycles. The fourth-order valence-corrected chi connectivity index (χ4v) is 2.29. The molecule has 2 aromatic carbocycles. The average Bonchev–Trinajstić information content (AvgIpc) is 2.42. The summed E-state index contributed by atoms with van der Waals surface area (Å²) in [6, 6.07) is 15.5. The molecular weight excluding hydrogens is 238 g/mol. The first kappa shape index (κ1) is 11.8. The van der Waals surface area contributed by atoms with Crippen LogP contribution in [-0.2, 0) is 6.54 Å². The molecule has 3 rings (SSSR count). The van der Waals surface area contributed by atoms with Crippen molar-refractivity contribution in [2.24, 2.45) is 0 Å². The van der Waals surface area contributed by atoms with Crippen LogP contribution in [0.1, 0.15) is 21.5 Å². The minimum Gasteiger partial charge on any atom is -0.472 e. The number of carbonyl (C=O) groups is 1. The fourth-order valence-electron chi connectivity index (χ4n) is 2.29. The number of fused-ring (bicyclic) bond motifs is 1. The average molecular weight is 253 g/mol. The molecule has 1 aliphatic rings. The molecule has 0 fully saturated rings. The lowest BCUT2D eigenvalue weighted by atomic mass is 10.1. The molecular formula is C16H15NO2. The molecule has 0 aromatic heterocycles. The lowest BCUT2D eigenvalue weighted by Gasteiger charge is -2.28. The van der Waals surface area contributed by atoms with E-state index in [-0.39, 0.29) is 5.91 Å². The zero-order valence-corrected chi connectivity index (χ0v) is 10.8. The molecule has 0 spiro atoms. The van der Waals surface area contributed by atoms with Gasteiger partial charge in [0.25, 0.3) is 5.91 Å². The van der Waals surface area contributed by atoms with Gasteiger partial charge < -0.3 is 9.64 Å². The molecule has 96 valence electrons. The summed E-state index contributed by atoms with van der Waals surface area (Å²) in [5.41, 5.74) is 2.96. The Labute approximate surface area is 112 Å². The maximum absolute atomic E-state index is 12.4. The Bertz CT molecular complexity index is 622. The molecule has 1 heterocycles. The maximum atomic E-state index is 12.4. The topological polar surface area (TPSA) is 29.5 Å². The normalized spacial score (nSPS) is 13.9. The number of ether oxygens (including phenoxy) is 1. The zero-order chi connectivity index (χ0) is 13.2. The van der Waals surface area contributed by atoms with Crippen molar-refractivity contribution in [3.8, 4) is 5.75 Å². The smallest absolute Gasteiger partial charge is 0.260 e. The van der Waals surface area contributed by atoms with Gasteiger partial charge in [-0.15, -0.1) is 0 Å². The highest BCUT2D eigenvalue weighted by Gasteiger charge is 2.24. The highest BCUT2D eigenvalue weighted by Crippen LogP contribution is 2.25. The van der Waals surface area contributed by atoms with Gasteiger partial charge in [-0.1, -0.05) is 42.0 Å². The third-order valence-corrected chi connectivity index (χ3v) is 3.24. The van der Waals surface area contributed by atoms with Crippen LogP contribution in [0.4, 0.5) is 0 Å². The van der Waals surface area contributed by atoms with Gasteiger partial charge in [0.2, 0.25) is 0 Å². The molecule has 0 unspecified atom stereocenters. The first-order valence-electron chi connectivity index (χ1n) is 6.31. The van der Waals surface area contributed by atoms with Crippen LogP contribution in [0.25, 0.3) is 0 Å². The third-order valence-electron chi connectivity index (χ3n) is 3.24. The molecule has 0 radical (unpaired) electrons. The van der Waals surface area contributed by atoms with Crippen LogP contribution in [-0.4, -0.2) is 17.5 Å². The Kier molecular flexibility index (Phi) is 2.95. The number of aryl methyl sites for hydroxylation is 1. The SMILES string of the molecule is Cc1cccc(CN2COc3ccccc3C2=O)c1. The van der Waals surface area contributed by atoms with Gasteiger partial charge in [-0.3, -0.25) is 4.79 Å². The van der Waals surface area contributed by atoms with Crippen molar-refractivity contribution in [3.63, 3.8) is 0 Å². The van der Waals surface area contributed by atoms with Crippen molar-refractivity contribution in [2.75, 3.05) is 6.73 Å². The van der Waals surface area contributed by atoms with E-state index in [1.807, 2.05) is 43.3 Å². The Hall–Kier alpha value is -2.29. The van der Waals surface area contributed by atoms with Gasteiger partial charge in [0.1, 0.15) is 5.75 Å². The lowest BCUT2D eigenvalue weighted by Crippen LogP contribution is -2.38. The standard InChI is InChI=1S/C16H15NO2/c1-12-5-4-6-13(9-12)10-17-11-19-15-8-3-2-7-14(15)16(17)18/h2-9H,10-11H2,1H3. The third kappa shape index (κ3) is 2.32. The van der Waals surface area contributed by atoms with Crippen molar-refractivity contribution < 1.29 is 9.53 Å². The van der Waals surface area contributed by atoms with E-state index < -0.39 is 0 Å². The van der Waals surface area contributed by atoms with Gasteiger partial charge in [0.05, 0.1) is 5.56 Å². The Morgan fingerprint density at radius 2 is 2.00 bits per heavy atom. The molecule has 19 heavy (non-hydrogen) atoms. The van der Waals surface area contributed by atoms with Crippen molar-refractivity contribution >= 4 is 5.91 Å². The summed E-state index contributed by atoms with van der Waals surface area (Å²) in [4.78, 5) is 14.1. The first-order valence-corrected chi connectivity index (χ1v) is 6.31. The molecule has 0 N–H and O–H groups in total. The van der Waals surface area contributed by atoms with Crippen LogP contribution in [0.15, 0.2) is 48.5 Å². The Balaban J connectivity index is 1.83. The number of nitrogens with zero attached hydrogens (tertiary/aromatic N) is 1. The summed E-state index contributed by atoms with van der Waals surface area (Å²) in [5.74, 6) is 0.705. The molecule has 2 aromatic rings. The number of para-hydroxylation sites is 1. The number of rotatable bonds is 2. The molecule has 1 aliphatic heterocycles. The highest BCUT2D eigenvalue weighted by atomic mass is 16.5. The van der Waals surface area contributed by atoms with Crippen LogP contribution in [0.5, 0.6) is 5.75 Å². The van der Waals surface area contributed by atoms with E-state index in [1.165, 1.54) is 5.56 Å². The second-order valence-corrected chi connectivity index (χ2v) is 4.76. The van der Waals surface area contributed by atoms with Crippen molar-refractivity contribution in [1.29, 1.82) is 0 Å². The van der Waals surface area contributed by atoms with E-state index in [2.05, 4.69) is 6.07 Å². The highest BCUT2D eigenvalue weighted by molar-refractivity contribution is 5.97. The van der Waals surface area contributed by atoms with Crippen molar-refractivity contribution in [2.45, 2.75) is 13.5 Å². The molecule has 0 aliphatic carbocycles. The number of amides is 1. The van der Waals surface area contributed by atoms with E-state index in [9.17, 15) is 4.79 Å². The van der Waals surface area contributed by atoms with Crippen LogP contribution >= 0.6 is 0 Å². The van der Waals surface area contributed by atoms with Gasteiger partial charge in [0, 0.05) is 6.54 Å². The van der Waals surface area contributed by atoms with Crippen LogP contribution < -0.4 is 4.74 Å². The van der Waals surface area contributed by atoms with Gasteiger partial charge in [-0.2, -0.15) is 0 Å². The van der Waals surface area contributed by atoms with Crippen LogP contribution in [0.2, 0.25) is 0 Å². The van der Waals surface area contributed by atoms with Crippen LogP contribution in [0, 0.1) is 6.92 Å². The van der Waals surface area contributed by atoms with E-state index in [0.717, 1.165) is 5.56 Å². The molecule has 0 saturated heterocycles. The maximum Gasteiger partial charge on any atom is 0.260 e. The molecule has 3 heteroatoms. The monoisotopic (exact) mass is 253 g/mol. The first-order chi connectivity index (χ1) is 9.24. The molecule has 3 nitrogen and oxygen atoms in total. The number of hydrogen-bond acceptors (Lipinski definition) is 2. The van der Waals surface area contributed by atoms with Crippen molar-refractivity contribution in [1.82, 2.24) is 4.90 Å². The molecule has 0 bridgehead atoms. The zero-order valence-electron chi connectivity index (χ0n) is 10.8. The van der Waals surface area contributed by atoms with E-state index in [4.69, 9.17) is 4.74 Å². The minimum atomic E-state index is 0.0309. The summed E-state index contributed by atoms with van der Waals surface area (Å²) >= 11 is 0. The van der Waals surface area contributed by atoms with Gasteiger partial charge >= 0.3 is 0 Å².